The summed E-state index contributed by atoms with van der Waals surface area (Å²) < 4.78 is 2.33. The lowest BCUT2D eigenvalue weighted by atomic mass is 10.0. The fraction of sp³-hybridized carbons (Fsp3) is 0.611. The van der Waals surface area contributed by atoms with Crippen molar-refractivity contribution in [2.75, 3.05) is 0 Å². The minimum absolute atomic E-state index is 0.0443. The molecule has 1 unspecified atom stereocenters. The number of fused-ring (bicyclic) bond motifs is 1. The fourth-order valence-corrected chi connectivity index (χ4v) is 5.82. The highest BCUT2D eigenvalue weighted by Crippen LogP contribution is 2.22. The average molecular weight is 546 g/mol. The molecule has 3 rings (SSSR count). The Morgan fingerprint density at radius 2 is 1.27 bits per heavy atom. The Hall–Kier alpha value is -2.62. The van der Waals surface area contributed by atoms with Crippen molar-refractivity contribution in [1.82, 2.24) is 14.9 Å². The molecule has 4 heteroatoms. The van der Waals surface area contributed by atoms with Crippen molar-refractivity contribution in [3.05, 3.63) is 65.5 Å². The lowest BCUT2D eigenvalue weighted by Gasteiger charge is -2.17. The number of hydrogen-bond donors (Lipinski definition) is 1. The van der Waals surface area contributed by atoms with Crippen LogP contribution in [0.25, 0.3) is 11.0 Å². The van der Waals surface area contributed by atoms with Crippen LogP contribution in [0.1, 0.15) is 140 Å². The number of para-hydroxylation sites is 2. The van der Waals surface area contributed by atoms with Crippen molar-refractivity contribution >= 4 is 16.9 Å². The Kier molecular flexibility index (Phi) is 14.9. The molecular formula is C36H55N3O. The second kappa shape index (κ2) is 18.7. The van der Waals surface area contributed by atoms with Gasteiger partial charge in [-0.2, -0.15) is 0 Å². The number of nitrogens with zero attached hydrogens (tertiary/aromatic N) is 2. The minimum Gasteiger partial charge on any atom is -0.346 e. The molecule has 2 aromatic carbocycles. The van der Waals surface area contributed by atoms with Crippen molar-refractivity contribution in [3.63, 3.8) is 0 Å². The zero-order valence-electron chi connectivity index (χ0n) is 25.7. The van der Waals surface area contributed by atoms with E-state index < -0.39 is 0 Å². The molecule has 0 saturated heterocycles. The molecule has 0 aliphatic heterocycles. The van der Waals surface area contributed by atoms with E-state index in [1.165, 1.54) is 102 Å². The molecule has 220 valence electrons. The number of carbonyl (C=O) groups is 1. The number of nitrogens with one attached hydrogen (secondary N) is 1. The number of imidazole rings is 1. The lowest BCUT2D eigenvalue weighted by molar-refractivity contribution is -0.121. The van der Waals surface area contributed by atoms with Crippen LogP contribution in [0, 0.1) is 6.92 Å². The molecule has 0 saturated carbocycles. The van der Waals surface area contributed by atoms with Gasteiger partial charge >= 0.3 is 0 Å². The van der Waals surface area contributed by atoms with E-state index in [2.05, 4.69) is 54.9 Å². The van der Waals surface area contributed by atoms with Gasteiger partial charge in [-0.05, 0) is 43.5 Å². The molecule has 0 aliphatic carbocycles. The van der Waals surface area contributed by atoms with Gasteiger partial charge in [0.2, 0.25) is 5.91 Å². The van der Waals surface area contributed by atoms with Crippen molar-refractivity contribution in [3.8, 4) is 0 Å². The lowest BCUT2D eigenvalue weighted by Crippen LogP contribution is -2.30. The zero-order valence-corrected chi connectivity index (χ0v) is 25.7. The quantitative estimate of drug-likeness (QED) is 0.135. The topological polar surface area (TPSA) is 46.9 Å². The highest BCUT2D eigenvalue weighted by molar-refractivity contribution is 5.80. The molecule has 1 heterocycles. The van der Waals surface area contributed by atoms with E-state index in [9.17, 15) is 4.79 Å². The van der Waals surface area contributed by atoms with E-state index >= 15 is 0 Å². The number of aromatic nitrogens is 2. The highest BCUT2D eigenvalue weighted by Gasteiger charge is 2.18. The molecule has 1 aromatic heterocycles. The van der Waals surface area contributed by atoms with Gasteiger partial charge in [-0.25, -0.2) is 4.98 Å². The van der Waals surface area contributed by atoms with Crippen LogP contribution >= 0.6 is 0 Å². The SMILES string of the molecule is CCCCCCCCCCCCCCCCCCn1c(C(C)NC(=O)Cc2ccccc2C)nc2ccccc21. The maximum absolute atomic E-state index is 12.8. The van der Waals surface area contributed by atoms with Gasteiger partial charge in [0.25, 0.3) is 0 Å². The molecular weight excluding hydrogens is 490 g/mol. The summed E-state index contributed by atoms with van der Waals surface area (Å²) >= 11 is 0. The number of hydrogen-bond acceptors (Lipinski definition) is 2. The first-order valence-corrected chi connectivity index (χ1v) is 16.4. The first-order valence-electron chi connectivity index (χ1n) is 16.4. The van der Waals surface area contributed by atoms with Gasteiger partial charge < -0.3 is 9.88 Å². The van der Waals surface area contributed by atoms with Crippen molar-refractivity contribution < 1.29 is 4.79 Å². The second-order valence-electron chi connectivity index (χ2n) is 11.8. The molecule has 0 fully saturated rings. The Morgan fingerprint density at radius 1 is 0.750 bits per heavy atom. The van der Waals surface area contributed by atoms with Crippen LogP contribution in [-0.2, 0) is 17.8 Å². The molecule has 1 atom stereocenters. The number of aryl methyl sites for hydroxylation is 2. The van der Waals surface area contributed by atoms with E-state index in [0.29, 0.717) is 6.42 Å². The normalized spacial score (nSPS) is 12.2. The van der Waals surface area contributed by atoms with Crippen LogP contribution in [0.15, 0.2) is 48.5 Å². The number of unbranched alkanes of at least 4 members (excludes halogenated alkanes) is 15. The predicted molar refractivity (Wildman–Crippen MR) is 171 cm³/mol. The summed E-state index contributed by atoms with van der Waals surface area (Å²) in [6.45, 7) is 7.36. The maximum Gasteiger partial charge on any atom is 0.225 e. The molecule has 0 aliphatic rings. The van der Waals surface area contributed by atoms with Gasteiger partial charge in [0.05, 0.1) is 23.5 Å². The Bertz CT molecular complexity index is 1120. The number of benzene rings is 2. The molecule has 0 bridgehead atoms. The van der Waals surface area contributed by atoms with E-state index in [1.54, 1.807) is 0 Å². The molecule has 1 N–H and O–H groups in total. The molecule has 40 heavy (non-hydrogen) atoms. The summed E-state index contributed by atoms with van der Waals surface area (Å²) in [5.74, 6) is 1.00. The Labute approximate surface area is 244 Å². The van der Waals surface area contributed by atoms with Crippen LogP contribution in [0.2, 0.25) is 0 Å². The van der Waals surface area contributed by atoms with E-state index in [0.717, 1.165) is 35.4 Å². The summed E-state index contributed by atoms with van der Waals surface area (Å²) in [5, 5.41) is 3.21. The number of carbonyl (C=O) groups excluding carboxylic acids is 1. The summed E-state index contributed by atoms with van der Waals surface area (Å²) in [6, 6.07) is 16.3. The number of rotatable bonds is 21. The first-order chi connectivity index (χ1) is 19.6. The van der Waals surface area contributed by atoms with Crippen LogP contribution in [0.5, 0.6) is 0 Å². The van der Waals surface area contributed by atoms with E-state index in [-0.39, 0.29) is 11.9 Å². The average Bonchev–Trinajstić information content (AvgIpc) is 3.33. The fourth-order valence-electron chi connectivity index (χ4n) is 5.82. The van der Waals surface area contributed by atoms with Gasteiger partial charge in [0, 0.05) is 6.54 Å². The largest absolute Gasteiger partial charge is 0.346 e. The van der Waals surface area contributed by atoms with Gasteiger partial charge in [-0.1, -0.05) is 140 Å². The summed E-state index contributed by atoms with van der Waals surface area (Å²) in [4.78, 5) is 17.8. The van der Waals surface area contributed by atoms with Crippen LogP contribution in [0.3, 0.4) is 0 Å². The standard InChI is InChI=1S/C36H55N3O/c1-4-5-6-7-8-9-10-11-12-13-14-15-16-17-18-23-28-39-34-27-22-21-26-33(34)38-36(39)31(3)37-35(40)29-32-25-20-19-24-30(32)2/h19-22,24-27,31H,4-18,23,28-29H2,1-3H3,(H,37,40). The van der Waals surface area contributed by atoms with Gasteiger partial charge in [-0.3, -0.25) is 4.79 Å². The van der Waals surface area contributed by atoms with Crippen LogP contribution < -0.4 is 5.32 Å². The Balaban J connectivity index is 1.34. The van der Waals surface area contributed by atoms with Gasteiger partial charge in [0.15, 0.2) is 0 Å². The molecule has 4 nitrogen and oxygen atoms in total. The van der Waals surface area contributed by atoms with Crippen LogP contribution in [0.4, 0.5) is 0 Å². The zero-order chi connectivity index (χ0) is 28.4. The van der Waals surface area contributed by atoms with Gasteiger partial charge in [0.1, 0.15) is 5.82 Å². The molecule has 0 radical (unpaired) electrons. The third-order valence-corrected chi connectivity index (χ3v) is 8.30. The van der Waals surface area contributed by atoms with Gasteiger partial charge in [-0.15, -0.1) is 0 Å². The van der Waals surface area contributed by atoms with E-state index in [1.807, 2.05) is 24.3 Å². The second-order valence-corrected chi connectivity index (χ2v) is 11.8. The number of amides is 1. The summed E-state index contributed by atoms with van der Waals surface area (Å²) in [6.07, 6.45) is 22.4. The van der Waals surface area contributed by atoms with E-state index in [4.69, 9.17) is 4.98 Å². The third-order valence-electron chi connectivity index (χ3n) is 8.30. The predicted octanol–water partition coefficient (Wildman–Crippen LogP) is 10.0. The van der Waals surface area contributed by atoms with Crippen molar-refractivity contribution in [2.24, 2.45) is 0 Å². The minimum atomic E-state index is -0.134. The smallest absolute Gasteiger partial charge is 0.225 e. The molecule has 1 amide bonds. The van der Waals surface area contributed by atoms with Crippen molar-refractivity contribution in [2.45, 2.75) is 143 Å². The maximum atomic E-state index is 12.8. The molecule has 0 spiro atoms. The van der Waals surface area contributed by atoms with Crippen molar-refractivity contribution in [1.29, 1.82) is 0 Å². The first kappa shape index (κ1) is 31.9. The summed E-state index contributed by atoms with van der Waals surface area (Å²) in [5.41, 5.74) is 4.40. The van der Waals surface area contributed by atoms with Crippen LogP contribution in [-0.4, -0.2) is 15.5 Å². The Morgan fingerprint density at radius 3 is 1.88 bits per heavy atom. The molecule has 3 aromatic rings. The highest BCUT2D eigenvalue weighted by atomic mass is 16.1. The summed E-state index contributed by atoms with van der Waals surface area (Å²) in [7, 11) is 0. The monoisotopic (exact) mass is 545 g/mol. The third kappa shape index (κ3) is 11.1.